The van der Waals surface area contributed by atoms with Gasteiger partial charge in [0.15, 0.2) is 5.69 Å². The Morgan fingerprint density at radius 1 is 1.54 bits per heavy atom. The lowest BCUT2D eigenvalue weighted by atomic mass is 10.4. The fourth-order valence-electron chi connectivity index (χ4n) is 0.762. The molecule has 1 aromatic heterocycles. The molecule has 6 nitrogen and oxygen atoms in total. The molecular formula is C6H5IN2O4. The van der Waals surface area contributed by atoms with Crippen LogP contribution in [0.25, 0.3) is 0 Å². The molecule has 0 aliphatic heterocycles. The van der Waals surface area contributed by atoms with Gasteiger partial charge in [-0.25, -0.2) is 4.79 Å². The zero-order chi connectivity index (χ0) is 10.0. The van der Waals surface area contributed by atoms with Crippen LogP contribution in [0.4, 0.5) is 0 Å². The fraction of sp³-hybridized carbons (Fsp3) is 0.167. The number of carboxylic acid groups (broad SMARTS) is 2. The number of aromatic nitrogens is 2. The Morgan fingerprint density at radius 3 is 2.54 bits per heavy atom. The molecule has 0 saturated heterocycles. The second kappa shape index (κ2) is 3.73. The minimum absolute atomic E-state index is 0.123. The van der Waals surface area contributed by atoms with Crippen LogP contribution in [-0.2, 0) is 11.3 Å². The first-order valence-electron chi connectivity index (χ1n) is 3.18. The number of aromatic carboxylic acids is 1. The second-order valence-corrected chi connectivity index (χ2v) is 3.38. The molecule has 7 heteroatoms. The summed E-state index contributed by atoms with van der Waals surface area (Å²) < 4.78 is 1.50. The van der Waals surface area contributed by atoms with Gasteiger partial charge in [0.25, 0.3) is 0 Å². The molecule has 0 saturated carbocycles. The minimum atomic E-state index is -1.16. The van der Waals surface area contributed by atoms with Gasteiger partial charge in [-0.2, -0.15) is 5.10 Å². The van der Waals surface area contributed by atoms with Crippen LogP contribution in [0.1, 0.15) is 10.5 Å². The molecule has 0 fully saturated rings. The number of nitrogens with zero attached hydrogens (tertiary/aromatic N) is 2. The highest BCUT2D eigenvalue weighted by Crippen LogP contribution is 2.09. The van der Waals surface area contributed by atoms with E-state index in [1.165, 1.54) is 6.20 Å². The average Bonchev–Trinajstić information content (AvgIpc) is 2.29. The molecule has 0 aliphatic rings. The van der Waals surface area contributed by atoms with E-state index in [9.17, 15) is 9.59 Å². The molecular weight excluding hydrogens is 291 g/mol. The van der Waals surface area contributed by atoms with Gasteiger partial charge >= 0.3 is 11.9 Å². The zero-order valence-electron chi connectivity index (χ0n) is 6.27. The van der Waals surface area contributed by atoms with E-state index in [1.807, 2.05) is 0 Å². The molecule has 0 radical (unpaired) electrons. The van der Waals surface area contributed by atoms with E-state index < -0.39 is 11.9 Å². The number of halogens is 1. The Balaban J connectivity index is 2.95. The number of rotatable bonds is 3. The van der Waals surface area contributed by atoms with E-state index >= 15 is 0 Å². The SMILES string of the molecule is O=C(O)Cn1cc(I)c(C(=O)O)n1. The van der Waals surface area contributed by atoms with Crippen molar-refractivity contribution in [2.45, 2.75) is 6.54 Å². The van der Waals surface area contributed by atoms with Gasteiger partial charge in [0.1, 0.15) is 6.54 Å². The number of hydrogen-bond donors (Lipinski definition) is 2. The van der Waals surface area contributed by atoms with Gasteiger partial charge in [0, 0.05) is 6.20 Å². The minimum Gasteiger partial charge on any atom is -0.480 e. The van der Waals surface area contributed by atoms with E-state index in [0.717, 1.165) is 4.68 Å². The molecule has 0 atom stereocenters. The lowest BCUT2D eigenvalue weighted by Crippen LogP contribution is -2.10. The van der Waals surface area contributed by atoms with E-state index in [4.69, 9.17) is 10.2 Å². The van der Waals surface area contributed by atoms with Gasteiger partial charge in [-0.05, 0) is 22.6 Å². The van der Waals surface area contributed by atoms with Gasteiger partial charge < -0.3 is 10.2 Å². The lowest BCUT2D eigenvalue weighted by molar-refractivity contribution is -0.137. The van der Waals surface area contributed by atoms with Crippen LogP contribution in [0.15, 0.2) is 6.20 Å². The maximum absolute atomic E-state index is 10.5. The summed E-state index contributed by atoms with van der Waals surface area (Å²) in [4.78, 5) is 20.7. The normalized spacial score (nSPS) is 9.92. The van der Waals surface area contributed by atoms with E-state index in [1.54, 1.807) is 22.6 Å². The summed E-state index contributed by atoms with van der Waals surface area (Å²) in [7, 11) is 0. The van der Waals surface area contributed by atoms with Crippen molar-refractivity contribution in [2.24, 2.45) is 0 Å². The molecule has 13 heavy (non-hydrogen) atoms. The first-order valence-corrected chi connectivity index (χ1v) is 4.26. The van der Waals surface area contributed by atoms with Crippen LogP contribution in [0.2, 0.25) is 0 Å². The smallest absolute Gasteiger partial charge is 0.357 e. The summed E-state index contributed by atoms with van der Waals surface area (Å²) in [6.45, 7) is -0.330. The summed E-state index contributed by atoms with van der Waals surface area (Å²) in [5.41, 5.74) is -0.123. The van der Waals surface area contributed by atoms with Crippen molar-refractivity contribution in [1.29, 1.82) is 0 Å². The highest BCUT2D eigenvalue weighted by Gasteiger charge is 2.14. The first-order chi connectivity index (χ1) is 6.00. The quantitative estimate of drug-likeness (QED) is 0.781. The molecule has 1 aromatic rings. The third-order valence-electron chi connectivity index (χ3n) is 1.22. The predicted octanol–water partition coefficient (Wildman–Crippen LogP) is 0.271. The van der Waals surface area contributed by atoms with Crippen LogP contribution in [0.3, 0.4) is 0 Å². The zero-order valence-corrected chi connectivity index (χ0v) is 8.43. The molecule has 70 valence electrons. The summed E-state index contributed by atoms with van der Waals surface area (Å²) >= 11 is 1.79. The highest BCUT2D eigenvalue weighted by atomic mass is 127. The molecule has 2 N–H and O–H groups in total. The summed E-state index contributed by atoms with van der Waals surface area (Å²) in [5.74, 6) is -2.22. The van der Waals surface area contributed by atoms with Gasteiger partial charge in [-0.15, -0.1) is 0 Å². The molecule has 0 aliphatic carbocycles. The van der Waals surface area contributed by atoms with Crippen molar-refractivity contribution in [3.8, 4) is 0 Å². The maximum Gasteiger partial charge on any atom is 0.357 e. The summed E-state index contributed by atoms with van der Waals surface area (Å²) in [6, 6.07) is 0. The molecule has 0 unspecified atom stereocenters. The van der Waals surface area contributed by atoms with Crippen molar-refractivity contribution < 1.29 is 19.8 Å². The standard InChI is InChI=1S/C6H5IN2O4/c7-3-1-9(2-4(10)11)8-5(3)6(12)13/h1H,2H2,(H,10,11)(H,12,13). The Labute approximate surface area is 86.3 Å². The number of hydrogen-bond acceptors (Lipinski definition) is 3. The molecule has 0 bridgehead atoms. The van der Waals surface area contributed by atoms with Gasteiger partial charge in [0.2, 0.25) is 0 Å². The Bertz CT molecular complexity index is 360. The van der Waals surface area contributed by atoms with Crippen molar-refractivity contribution in [3.63, 3.8) is 0 Å². The topological polar surface area (TPSA) is 92.4 Å². The van der Waals surface area contributed by atoms with Crippen LogP contribution in [-0.4, -0.2) is 31.9 Å². The van der Waals surface area contributed by atoms with E-state index in [-0.39, 0.29) is 12.2 Å². The van der Waals surface area contributed by atoms with Crippen molar-refractivity contribution >= 4 is 34.5 Å². The monoisotopic (exact) mass is 296 g/mol. The maximum atomic E-state index is 10.5. The summed E-state index contributed by atoms with van der Waals surface area (Å²) in [5, 5.41) is 20.6. The Hall–Kier alpha value is -1.12. The van der Waals surface area contributed by atoms with Crippen molar-refractivity contribution in [2.75, 3.05) is 0 Å². The molecule has 0 spiro atoms. The van der Waals surface area contributed by atoms with Gasteiger partial charge in [-0.3, -0.25) is 9.48 Å². The molecule has 0 aromatic carbocycles. The third-order valence-corrected chi connectivity index (χ3v) is 2.01. The van der Waals surface area contributed by atoms with Gasteiger partial charge in [-0.1, -0.05) is 0 Å². The Kier molecular flexibility index (Phi) is 2.86. The highest BCUT2D eigenvalue weighted by molar-refractivity contribution is 14.1. The molecule has 0 amide bonds. The first kappa shape index (κ1) is 9.96. The summed E-state index contributed by atoms with van der Waals surface area (Å²) in [6.07, 6.45) is 1.37. The molecule has 1 heterocycles. The van der Waals surface area contributed by atoms with E-state index in [0.29, 0.717) is 3.57 Å². The largest absolute Gasteiger partial charge is 0.480 e. The molecule has 1 rings (SSSR count). The third kappa shape index (κ3) is 2.41. The predicted molar refractivity (Wildman–Crippen MR) is 49.5 cm³/mol. The van der Waals surface area contributed by atoms with Crippen LogP contribution < -0.4 is 0 Å². The second-order valence-electron chi connectivity index (χ2n) is 2.22. The number of carboxylic acids is 2. The van der Waals surface area contributed by atoms with Crippen LogP contribution in [0, 0.1) is 3.57 Å². The average molecular weight is 296 g/mol. The number of carbonyl (C=O) groups is 2. The van der Waals surface area contributed by atoms with Crippen LogP contribution >= 0.6 is 22.6 Å². The van der Waals surface area contributed by atoms with Crippen LogP contribution in [0.5, 0.6) is 0 Å². The van der Waals surface area contributed by atoms with Crippen molar-refractivity contribution in [1.82, 2.24) is 9.78 Å². The number of aliphatic carboxylic acids is 1. The Morgan fingerprint density at radius 2 is 2.15 bits per heavy atom. The van der Waals surface area contributed by atoms with E-state index in [2.05, 4.69) is 5.10 Å². The van der Waals surface area contributed by atoms with Crippen molar-refractivity contribution in [3.05, 3.63) is 15.5 Å². The van der Waals surface area contributed by atoms with Gasteiger partial charge in [0.05, 0.1) is 3.57 Å². The fourth-order valence-corrected chi connectivity index (χ4v) is 1.42. The lowest BCUT2D eigenvalue weighted by Gasteiger charge is -1.92.